The van der Waals surface area contributed by atoms with E-state index in [0.717, 1.165) is 91.0 Å². The van der Waals surface area contributed by atoms with Crippen molar-refractivity contribution in [3.8, 4) is 80.5 Å². The van der Waals surface area contributed by atoms with Gasteiger partial charge in [-0.25, -0.2) is 14.4 Å². The van der Waals surface area contributed by atoms with Gasteiger partial charge in [-0.3, -0.25) is 9.59 Å². The molecule has 11 rings (SSSR count). The zero-order valence-electron chi connectivity index (χ0n) is 40.8. The number of hydrogen-bond donors (Lipinski definition) is 13. The smallest absolute Gasteiger partial charge is 0.357 e. The minimum Gasteiger partial charge on any atom is -0.508 e. The fourth-order valence-electron chi connectivity index (χ4n) is 9.97. The molecular formula is C55H40O26. The van der Waals surface area contributed by atoms with E-state index < -0.39 is 158 Å². The summed E-state index contributed by atoms with van der Waals surface area (Å²) in [6.07, 6.45) is -3.71. The number of carbonyl (C=O) groups is 5. The predicted octanol–water partition coefficient (Wildman–Crippen LogP) is 3.03. The van der Waals surface area contributed by atoms with Gasteiger partial charge >= 0.3 is 41.1 Å². The molecule has 13 N–H and O–H groups in total. The highest BCUT2D eigenvalue weighted by molar-refractivity contribution is 6.09. The van der Waals surface area contributed by atoms with E-state index in [4.69, 9.17) is 37.9 Å². The summed E-state index contributed by atoms with van der Waals surface area (Å²) >= 11 is 0. The third kappa shape index (κ3) is 8.23. The highest BCUT2D eigenvalue weighted by atomic mass is 16.8. The van der Waals surface area contributed by atoms with E-state index in [-0.39, 0.29) is 45.3 Å². The molecule has 1 saturated carbocycles. The number of rotatable bonds is 9. The van der Waals surface area contributed by atoms with Gasteiger partial charge in [-0.2, -0.15) is 0 Å². The Morgan fingerprint density at radius 3 is 1.38 bits per heavy atom. The number of ketones is 2. The van der Waals surface area contributed by atoms with Crippen LogP contribution in [0.4, 0.5) is 0 Å². The number of aliphatic hydroxyl groups excluding tert-OH is 2. The summed E-state index contributed by atoms with van der Waals surface area (Å²) in [4.78, 5) is 67.8. The molecule has 1 fully saturated rings. The minimum absolute atomic E-state index is 0.0637. The maximum absolute atomic E-state index is 14.1. The molecule has 0 radical (unpaired) electrons. The van der Waals surface area contributed by atoms with Crippen molar-refractivity contribution >= 4 is 41.6 Å². The minimum atomic E-state index is -3.22. The first-order valence-electron chi connectivity index (χ1n) is 23.8. The van der Waals surface area contributed by atoms with Gasteiger partial charge in [0.25, 0.3) is 11.6 Å². The van der Waals surface area contributed by atoms with Crippen LogP contribution in [0.3, 0.4) is 0 Å². The molecule has 4 heterocycles. The number of fused-ring (bicyclic) bond motifs is 6. The van der Waals surface area contributed by atoms with E-state index in [9.17, 15) is 90.4 Å². The van der Waals surface area contributed by atoms with Crippen LogP contribution in [0.15, 0.2) is 109 Å². The number of aromatic hydroxyl groups is 8. The second-order valence-corrected chi connectivity index (χ2v) is 19.1. The van der Waals surface area contributed by atoms with Crippen LogP contribution in [0, 0.1) is 0 Å². The molecule has 416 valence electrons. The Balaban J connectivity index is 0.801. The number of carboxylic acid groups (broad SMARTS) is 1. The highest BCUT2D eigenvalue weighted by Gasteiger charge is 2.72. The number of benzene rings is 6. The van der Waals surface area contributed by atoms with Crippen LogP contribution in [0.1, 0.15) is 55.8 Å². The standard InChI is InChI=1S/C55H40O26/c56-27-17-33(62)45-40(19-27)79-54(25-5-7-29(58)31(60)15-25)52(72,48(45)68)75-38-13-23(1-9-36(38)77-54)3-11-43(65)74-42-22-51(50(70)71,21-35(64)47(42)67)81-44(66)12-4-24-2-10-37-39(14-24)76-53(73)49(69)46-34(63)18-28(57)20-41(46)80-55(53,78-37)26-6-8-30(59)32(61)16-26/h1-20,35,42,47,56-64,67,72-73H,21-22H2,(H,70,71)/b11-3+,12-4+/t35-,42-,47+,51-,52?,53?,54?,55?/m1/s1. The summed E-state index contributed by atoms with van der Waals surface area (Å²) in [5, 5.41) is 139. The summed E-state index contributed by atoms with van der Waals surface area (Å²) < 4.78 is 46.7. The molecule has 6 aromatic carbocycles. The second kappa shape index (κ2) is 18.3. The lowest BCUT2D eigenvalue weighted by atomic mass is 9.79. The van der Waals surface area contributed by atoms with Crippen molar-refractivity contribution in [2.75, 3.05) is 0 Å². The number of hydrogen-bond acceptors (Lipinski definition) is 25. The number of carboxylic acids is 1. The predicted molar refractivity (Wildman–Crippen MR) is 263 cm³/mol. The van der Waals surface area contributed by atoms with Crippen molar-refractivity contribution in [1.82, 2.24) is 0 Å². The number of esters is 2. The lowest BCUT2D eigenvalue weighted by Gasteiger charge is -2.50. The highest BCUT2D eigenvalue weighted by Crippen LogP contribution is 2.58. The molecule has 4 unspecified atom stereocenters. The zero-order valence-corrected chi connectivity index (χ0v) is 40.8. The first-order chi connectivity index (χ1) is 38.3. The molecule has 0 aromatic heterocycles. The van der Waals surface area contributed by atoms with Gasteiger partial charge in [0.1, 0.15) is 57.8 Å². The van der Waals surface area contributed by atoms with E-state index in [1.54, 1.807) is 0 Å². The fraction of sp³-hybridized carbons (Fsp3) is 0.182. The largest absolute Gasteiger partial charge is 0.508 e. The summed E-state index contributed by atoms with van der Waals surface area (Å²) in [5.41, 5.74) is -4.31. The van der Waals surface area contributed by atoms with Gasteiger partial charge in [0.2, 0.25) is 5.60 Å². The lowest BCUT2D eigenvalue weighted by Crippen LogP contribution is -2.70. The van der Waals surface area contributed by atoms with Crippen LogP contribution in [-0.4, -0.2) is 131 Å². The molecule has 0 spiro atoms. The lowest BCUT2D eigenvalue weighted by molar-refractivity contribution is -0.316. The number of aliphatic hydroxyl groups is 4. The monoisotopic (exact) mass is 1120 g/mol. The van der Waals surface area contributed by atoms with Gasteiger partial charge in [0.05, 0.1) is 6.10 Å². The third-order valence-corrected chi connectivity index (χ3v) is 13.9. The number of phenols is 8. The molecule has 0 amide bonds. The van der Waals surface area contributed by atoms with E-state index in [1.807, 2.05) is 0 Å². The van der Waals surface area contributed by atoms with Crippen LogP contribution in [0.25, 0.3) is 12.2 Å². The maximum atomic E-state index is 14.1. The maximum Gasteiger partial charge on any atom is 0.357 e. The van der Waals surface area contributed by atoms with E-state index in [0.29, 0.717) is 0 Å². The van der Waals surface area contributed by atoms with Crippen molar-refractivity contribution < 1.29 is 128 Å². The number of phenolic OH excluding ortho intramolecular Hbond substituents is 8. The Morgan fingerprint density at radius 1 is 0.494 bits per heavy atom. The molecule has 26 heteroatoms. The first kappa shape index (κ1) is 52.6. The summed E-state index contributed by atoms with van der Waals surface area (Å²) in [5.74, 6) is -26.4. The van der Waals surface area contributed by atoms with Gasteiger partial charge in [-0.1, -0.05) is 12.1 Å². The molecule has 5 aliphatic rings. The summed E-state index contributed by atoms with van der Waals surface area (Å²) in [6, 6.07) is 17.0. The Morgan fingerprint density at radius 2 is 0.938 bits per heavy atom. The zero-order chi connectivity index (χ0) is 57.9. The molecule has 26 nitrogen and oxygen atoms in total. The molecule has 0 bridgehead atoms. The van der Waals surface area contributed by atoms with E-state index in [1.165, 1.54) is 30.3 Å². The van der Waals surface area contributed by atoms with Crippen molar-refractivity contribution in [2.24, 2.45) is 0 Å². The molecule has 81 heavy (non-hydrogen) atoms. The normalized spacial score (nSPS) is 26.7. The topological polar surface area (TPSA) is 422 Å². The average Bonchev–Trinajstić information content (AvgIpc) is 1.19. The third-order valence-electron chi connectivity index (χ3n) is 13.9. The van der Waals surface area contributed by atoms with Gasteiger partial charge in [-0.05, 0) is 83.9 Å². The van der Waals surface area contributed by atoms with Crippen molar-refractivity contribution in [1.29, 1.82) is 0 Å². The van der Waals surface area contributed by atoms with Gasteiger partial charge < -0.3 is 104 Å². The van der Waals surface area contributed by atoms with Crippen LogP contribution in [0.2, 0.25) is 0 Å². The molecule has 1 aliphatic carbocycles. The molecule has 6 aromatic rings. The quantitative estimate of drug-likeness (QED) is 0.0562. The van der Waals surface area contributed by atoms with Crippen LogP contribution in [0.5, 0.6) is 80.5 Å². The van der Waals surface area contributed by atoms with Crippen LogP contribution >= 0.6 is 0 Å². The van der Waals surface area contributed by atoms with E-state index in [2.05, 4.69) is 0 Å². The SMILES string of the molecule is O=C(/C=C/c1ccc2c(c1)OC1(O)C(=O)c3c(O)cc(O)cc3OC1(c1ccc(O)c(O)c1)O2)O[C@@H]1C[C@@](OC(=O)/C=C/c2ccc3c(c2)OC2(O)C(=O)c4c(O)cc(O)cc4OC2(c2ccc(O)c(O)c2)O3)(C(=O)O)C[C@@H](O)[C@@H]1O. The number of aliphatic carboxylic acids is 1. The summed E-state index contributed by atoms with van der Waals surface area (Å²) in [6.45, 7) is 0. The summed E-state index contributed by atoms with van der Waals surface area (Å²) in [7, 11) is 0. The van der Waals surface area contributed by atoms with Gasteiger partial charge in [0, 0.05) is 60.4 Å². The Labute approximate surface area is 451 Å². The Hall–Kier alpha value is -10.4. The van der Waals surface area contributed by atoms with Crippen molar-refractivity contribution in [3.05, 3.63) is 143 Å². The van der Waals surface area contributed by atoms with Crippen molar-refractivity contribution in [3.63, 3.8) is 0 Å². The van der Waals surface area contributed by atoms with Crippen LogP contribution in [-0.2, 0) is 35.4 Å². The number of ether oxygens (including phenoxy) is 8. The van der Waals surface area contributed by atoms with Crippen LogP contribution < -0.4 is 28.4 Å². The van der Waals surface area contributed by atoms with E-state index >= 15 is 0 Å². The fourth-order valence-corrected chi connectivity index (χ4v) is 9.97. The van der Waals surface area contributed by atoms with Crippen molar-refractivity contribution in [2.45, 2.75) is 59.9 Å². The van der Waals surface area contributed by atoms with Gasteiger partial charge in [0.15, 0.2) is 46.0 Å². The number of carbonyl (C=O) groups excluding carboxylic acids is 4. The molecule has 0 saturated heterocycles. The first-order valence-corrected chi connectivity index (χ1v) is 23.8. The molecule has 8 atom stereocenters. The Bertz CT molecular complexity index is 3800. The molecular weight excluding hydrogens is 1080 g/mol. The Kier molecular flexibility index (Phi) is 11.9. The molecule has 4 aliphatic heterocycles. The van der Waals surface area contributed by atoms with Gasteiger partial charge in [-0.15, -0.1) is 0 Å². The number of Topliss-reactive ketones (excluding diaryl/α,β-unsaturated/α-hetero) is 2. The average molecular weight is 1120 g/mol. The second-order valence-electron chi connectivity index (χ2n) is 19.1.